The molecule has 0 saturated heterocycles. The molecule has 0 atom stereocenters. The largest absolute Gasteiger partial charge is 0.231 e. The van der Waals surface area contributed by atoms with Crippen molar-refractivity contribution in [1.29, 1.82) is 0 Å². The molecule has 124 heavy (non-hydrogen) atoms. The van der Waals surface area contributed by atoms with Crippen LogP contribution in [0.25, 0.3) is 231 Å². The molecule has 0 fully saturated rings. The molecule has 0 unspecified atom stereocenters. The van der Waals surface area contributed by atoms with Crippen molar-refractivity contribution in [3.8, 4) is 158 Å². The van der Waals surface area contributed by atoms with Gasteiger partial charge >= 0.3 is 0 Å². The summed E-state index contributed by atoms with van der Waals surface area (Å²) in [6.07, 6.45) is 0. The van der Waals surface area contributed by atoms with E-state index in [0.29, 0.717) is 34.9 Å². The lowest BCUT2D eigenvalue weighted by molar-refractivity contribution is 0.979. The first-order valence-electron chi connectivity index (χ1n) is 41.4. The van der Waals surface area contributed by atoms with Gasteiger partial charge in [0, 0.05) is 118 Å². The fourth-order valence-corrected chi connectivity index (χ4v) is 19.9. The normalized spacial score (nSPS) is 11.5. The highest BCUT2D eigenvalue weighted by Crippen LogP contribution is 2.47. The highest BCUT2D eigenvalue weighted by Gasteiger charge is 2.26. The molecular formula is C112H70N10S2. The summed E-state index contributed by atoms with van der Waals surface area (Å²) in [4.78, 5) is 30.7. The number of pyridine rings is 2. The second kappa shape index (κ2) is 31.2. The molecule has 8 heterocycles. The molecule has 0 N–H and O–H groups in total. The van der Waals surface area contributed by atoms with Crippen LogP contribution in [-0.4, -0.2) is 49.1 Å². The van der Waals surface area contributed by atoms with E-state index in [0.717, 1.165) is 144 Å². The molecule has 0 spiro atoms. The first-order valence-corrected chi connectivity index (χ1v) is 43.1. The van der Waals surface area contributed by atoms with Gasteiger partial charge < -0.3 is 0 Å². The van der Waals surface area contributed by atoms with Crippen molar-refractivity contribution in [1.82, 2.24) is 49.1 Å². The third-order valence-corrected chi connectivity index (χ3v) is 25.8. The predicted octanol–water partition coefficient (Wildman–Crippen LogP) is 29.4. The van der Waals surface area contributed by atoms with Gasteiger partial charge in [0.25, 0.3) is 0 Å². The van der Waals surface area contributed by atoms with Crippen LogP contribution < -0.4 is 0 Å². The SMILES string of the molecule is c1ccc(-c2nc(-c3ccc(-c4c(-c5ccccc5)nn5c(-c6ccccc6)cc6ccccc6c45)cc3)nc(-c3cccc(-c4cccc5c4sc4ccccc45)c3)n2)cc1.c1ccc(-c2nc(-c3ccc(-c4cccc5c4sc4ccccc45)cc3)nc(-c3ccc(-c4c(-c5ccccc5)nn5c(-c6ccccc6)cc6ccccc6c45)cc3)n2)cc1. The Balaban J connectivity index is 0.000000143. The highest BCUT2D eigenvalue weighted by molar-refractivity contribution is 7.26. The Morgan fingerprint density at radius 3 is 0.855 bits per heavy atom. The number of benzene rings is 16. The van der Waals surface area contributed by atoms with Crippen LogP contribution in [-0.2, 0) is 0 Å². The van der Waals surface area contributed by atoms with Crippen molar-refractivity contribution in [2.24, 2.45) is 0 Å². The maximum Gasteiger partial charge on any atom is 0.164 e. The Morgan fingerprint density at radius 1 is 0.185 bits per heavy atom. The summed E-state index contributed by atoms with van der Waals surface area (Å²) < 4.78 is 9.41. The van der Waals surface area contributed by atoms with E-state index in [2.05, 4.69) is 373 Å². The third kappa shape index (κ3) is 13.3. The number of rotatable bonds is 14. The molecule has 0 aliphatic rings. The molecule has 580 valence electrons. The molecule has 0 amide bonds. The minimum Gasteiger partial charge on any atom is -0.231 e. The maximum atomic E-state index is 5.40. The zero-order chi connectivity index (χ0) is 82.0. The van der Waals surface area contributed by atoms with Crippen LogP contribution in [0.2, 0.25) is 0 Å². The standard InChI is InChI=1S/2C56H35N5S/c1-4-16-36(17-5-1)48-35-42-22-10-11-25-44(42)52-50(51(60-61(48)52)38-18-6-2-7-19-38)37-30-32-40(33-31-37)55-57-54(39-20-8-3-9-21-39)58-56(59-55)43-24-14-23-41(34-43)45-27-15-28-47-46-26-12-13-29-49(46)62-53(45)47;1-4-15-37(16-5-1)48-35-43-21-10-11-22-44(43)52-50(51(60-61(48)52)39-17-6-2-7-18-39)38-29-33-42(34-30-38)56-58-54(40-19-8-3-9-20-40)57-55(59-56)41-31-27-36(28-32-41)45-24-14-25-47-46-23-12-13-26-49(46)62-53(45)47/h2*1-35H. The van der Waals surface area contributed by atoms with Crippen molar-refractivity contribution in [3.63, 3.8) is 0 Å². The maximum absolute atomic E-state index is 5.40. The smallest absolute Gasteiger partial charge is 0.164 e. The average Bonchev–Trinajstić information content (AvgIpc) is 1.57. The zero-order valence-electron chi connectivity index (χ0n) is 66.7. The number of thiophene rings is 2. The second-order valence-corrected chi connectivity index (χ2v) is 33.0. The van der Waals surface area contributed by atoms with Crippen LogP contribution in [0.4, 0.5) is 0 Å². The number of hydrogen-bond donors (Lipinski definition) is 0. The van der Waals surface area contributed by atoms with E-state index in [9.17, 15) is 0 Å². The summed E-state index contributed by atoms with van der Waals surface area (Å²) in [5.74, 6) is 3.72. The van der Waals surface area contributed by atoms with Gasteiger partial charge in [0.05, 0.1) is 22.4 Å². The average molecular weight is 1620 g/mol. The van der Waals surface area contributed by atoms with Gasteiger partial charge in [-0.1, -0.05) is 394 Å². The molecular weight excluding hydrogens is 1550 g/mol. The van der Waals surface area contributed by atoms with E-state index < -0.39 is 0 Å². The summed E-state index contributed by atoms with van der Waals surface area (Å²) in [5, 5.41) is 20.5. The van der Waals surface area contributed by atoms with Gasteiger partial charge in [-0.2, -0.15) is 10.2 Å². The summed E-state index contributed by atoms with van der Waals surface area (Å²) in [7, 11) is 0. The summed E-state index contributed by atoms with van der Waals surface area (Å²) >= 11 is 3.68. The van der Waals surface area contributed by atoms with Crippen LogP contribution in [0.1, 0.15) is 0 Å². The molecule has 0 aliphatic heterocycles. The Labute approximate surface area is 722 Å². The van der Waals surface area contributed by atoms with E-state index in [-0.39, 0.29) is 0 Å². The van der Waals surface area contributed by atoms with E-state index in [1.54, 1.807) is 0 Å². The van der Waals surface area contributed by atoms with Gasteiger partial charge in [-0.25, -0.2) is 38.9 Å². The Bertz CT molecular complexity index is 8180. The van der Waals surface area contributed by atoms with Crippen LogP contribution in [0.15, 0.2) is 425 Å². The Hall–Kier alpha value is -16.1. The topological polar surface area (TPSA) is 112 Å². The molecule has 8 aromatic heterocycles. The number of nitrogens with zero attached hydrogens (tertiary/aromatic N) is 10. The quantitative estimate of drug-likeness (QED) is 0.106. The number of fused-ring (bicyclic) bond motifs is 12. The summed E-state index contributed by atoms with van der Waals surface area (Å²) in [5.41, 5.74) is 24.8. The number of hydrogen-bond acceptors (Lipinski definition) is 10. The first-order chi connectivity index (χ1) is 61.5. The van der Waals surface area contributed by atoms with Gasteiger partial charge in [0.1, 0.15) is 11.4 Å². The number of aromatic nitrogens is 10. The Morgan fingerprint density at radius 2 is 0.460 bits per heavy atom. The van der Waals surface area contributed by atoms with Crippen LogP contribution in [0.5, 0.6) is 0 Å². The minimum absolute atomic E-state index is 0.609. The first kappa shape index (κ1) is 73.1. The van der Waals surface area contributed by atoms with Gasteiger partial charge in [-0.3, -0.25) is 0 Å². The van der Waals surface area contributed by atoms with E-state index in [1.807, 2.05) is 83.3 Å². The highest BCUT2D eigenvalue weighted by atomic mass is 32.1. The lowest BCUT2D eigenvalue weighted by Gasteiger charge is -2.12. The van der Waals surface area contributed by atoms with Crippen molar-refractivity contribution < 1.29 is 0 Å². The Kier molecular flexibility index (Phi) is 18.4. The van der Waals surface area contributed by atoms with E-state index in [1.165, 1.54) is 51.5 Å². The molecule has 24 aromatic rings. The molecule has 0 radical (unpaired) electrons. The lowest BCUT2D eigenvalue weighted by atomic mass is 9.96. The van der Waals surface area contributed by atoms with Crippen molar-refractivity contribution in [3.05, 3.63) is 425 Å². The van der Waals surface area contributed by atoms with Gasteiger partial charge in [0.15, 0.2) is 34.9 Å². The monoisotopic (exact) mass is 1620 g/mol. The van der Waals surface area contributed by atoms with Crippen molar-refractivity contribution in [2.75, 3.05) is 0 Å². The van der Waals surface area contributed by atoms with Crippen LogP contribution in [0, 0.1) is 0 Å². The minimum atomic E-state index is 0.609. The summed E-state index contributed by atoms with van der Waals surface area (Å²) in [6.45, 7) is 0. The predicted molar refractivity (Wildman–Crippen MR) is 514 cm³/mol. The van der Waals surface area contributed by atoms with Crippen molar-refractivity contribution in [2.45, 2.75) is 0 Å². The van der Waals surface area contributed by atoms with Crippen LogP contribution in [0.3, 0.4) is 0 Å². The molecule has 0 aliphatic carbocycles. The van der Waals surface area contributed by atoms with Gasteiger partial charge in [-0.15, -0.1) is 22.7 Å². The fourth-order valence-electron chi connectivity index (χ4n) is 17.4. The van der Waals surface area contributed by atoms with E-state index >= 15 is 0 Å². The molecule has 24 rings (SSSR count). The lowest BCUT2D eigenvalue weighted by Crippen LogP contribution is -2.00. The van der Waals surface area contributed by atoms with Gasteiger partial charge in [-0.05, 0) is 74.5 Å². The van der Waals surface area contributed by atoms with Crippen molar-refractivity contribution >= 4 is 95.6 Å². The molecule has 16 aromatic carbocycles. The molecule has 12 heteroatoms. The van der Waals surface area contributed by atoms with Gasteiger partial charge in [0.2, 0.25) is 0 Å². The third-order valence-electron chi connectivity index (χ3n) is 23.4. The summed E-state index contributed by atoms with van der Waals surface area (Å²) in [6, 6.07) is 149. The second-order valence-electron chi connectivity index (χ2n) is 30.9. The molecule has 0 saturated carbocycles. The molecule has 0 bridgehead atoms. The van der Waals surface area contributed by atoms with Crippen LogP contribution >= 0.6 is 22.7 Å². The fraction of sp³-hybridized carbons (Fsp3) is 0. The van der Waals surface area contributed by atoms with E-state index in [4.69, 9.17) is 40.1 Å². The molecule has 10 nitrogen and oxygen atoms in total. The zero-order valence-corrected chi connectivity index (χ0v) is 68.3.